The Labute approximate surface area is 394 Å². The Balaban J connectivity index is 0.000000219. The predicted octanol–water partition coefficient (Wildman–Crippen LogP) is 10.1. The highest BCUT2D eigenvalue weighted by Crippen LogP contribution is 2.54. The first-order valence-corrected chi connectivity index (χ1v) is 21.6. The second-order valence-electron chi connectivity index (χ2n) is 18.0. The number of aromatic nitrogens is 4. The first kappa shape index (κ1) is 53.0. The van der Waals surface area contributed by atoms with Crippen LogP contribution in [0.5, 0.6) is 11.5 Å². The van der Waals surface area contributed by atoms with E-state index in [0.717, 1.165) is 16.8 Å². The molecule has 5 N–H and O–H groups in total. The fraction of sp³-hybridized carbons (Fsp3) is 0.408. The van der Waals surface area contributed by atoms with Crippen LogP contribution in [0, 0.1) is 21.7 Å². The molecule has 0 bridgehead atoms. The number of imidazole rings is 1. The number of nitrogens with one attached hydrogen (secondary N) is 2. The molecule has 5 aromatic rings. The molecule has 2 fully saturated rings. The van der Waals surface area contributed by atoms with Crippen molar-refractivity contribution in [3.8, 4) is 45.4 Å². The van der Waals surface area contributed by atoms with E-state index in [9.17, 15) is 40.7 Å². The largest absolute Gasteiger partial charge is 0.492 e. The zero-order valence-electron chi connectivity index (χ0n) is 38.8. The predicted molar refractivity (Wildman–Crippen MR) is 242 cm³/mol. The van der Waals surface area contributed by atoms with E-state index >= 15 is 0 Å². The molecule has 0 saturated heterocycles. The number of carbonyl (C=O) groups is 3. The zero-order valence-corrected chi connectivity index (χ0v) is 38.8. The van der Waals surface area contributed by atoms with E-state index < -0.39 is 40.0 Å². The summed E-state index contributed by atoms with van der Waals surface area (Å²) in [4.78, 5) is 49.4. The van der Waals surface area contributed by atoms with Crippen molar-refractivity contribution < 1.29 is 64.8 Å². The number of rotatable bonds is 14. The van der Waals surface area contributed by atoms with Crippen LogP contribution in [0.25, 0.3) is 33.9 Å². The van der Waals surface area contributed by atoms with Crippen LogP contribution in [0.4, 0.5) is 26.3 Å². The molecule has 370 valence electrons. The van der Waals surface area contributed by atoms with Gasteiger partial charge in [0.1, 0.15) is 41.8 Å². The van der Waals surface area contributed by atoms with Gasteiger partial charge in [-0.25, -0.2) is 4.98 Å². The number of aliphatic carboxylic acids is 1. The van der Waals surface area contributed by atoms with Crippen LogP contribution in [0.2, 0.25) is 0 Å². The van der Waals surface area contributed by atoms with E-state index in [0.29, 0.717) is 47.0 Å². The fourth-order valence-corrected chi connectivity index (χ4v) is 7.17. The third-order valence-electron chi connectivity index (χ3n) is 12.1. The number of nitrogens with two attached hydrogens (primary N) is 1. The average molecular weight is 969 g/mol. The molecule has 3 heterocycles. The minimum atomic E-state index is -4.59. The molecule has 2 aromatic carbocycles. The number of hydrogen-bond acceptors (Lipinski definition) is 11. The van der Waals surface area contributed by atoms with Gasteiger partial charge in [-0.1, -0.05) is 12.8 Å². The standard InChI is InChI=1S/C25H26F3N3O3.C18H21N3O3.C6H7F3O2/c1-23(2,22(32)33-3)15-34-18-8-5-16(6-9-18)19-10-7-17(13-29-19)21-30-14-20(31-21)24(11-4-12-24)25(26,27)28;1-18(2,17(22)23-3)11-24-14-7-4-12(5-8-14)15-9-6-13(10-21-15)16(19)20;7-6(8,9)5(4(10)11)2-1-3-5/h5-10,13-14H,4,11-12,15H2,1-3H3,(H,30,31);4-10H,11H2,1-3H3,(H3,19,20);1-3H2,(H,10,11). The van der Waals surface area contributed by atoms with Crippen LogP contribution in [-0.2, 0) is 29.3 Å². The number of alkyl halides is 6. The highest BCUT2D eigenvalue weighted by molar-refractivity contribution is 5.94. The van der Waals surface area contributed by atoms with Crippen molar-refractivity contribution in [2.75, 3.05) is 27.4 Å². The number of esters is 2. The number of methoxy groups -OCH3 is 2. The Morgan fingerprint density at radius 3 is 1.41 bits per heavy atom. The first-order chi connectivity index (χ1) is 32.3. The molecule has 2 saturated carbocycles. The first-order valence-electron chi connectivity index (χ1n) is 21.6. The quantitative estimate of drug-likeness (QED) is 0.0354. The average Bonchev–Trinajstić information content (AvgIpc) is 3.76. The van der Waals surface area contributed by atoms with Crippen LogP contribution in [-0.4, -0.2) is 88.6 Å². The molecule has 2 aliphatic rings. The summed E-state index contributed by atoms with van der Waals surface area (Å²) in [6, 6.07) is 21.8. The fourth-order valence-electron chi connectivity index (χ4n) is 7.17. The van der Waals surface area contributed by atoms with Gasteiger partial charge in [0.15, 0.2) is 5.41 Å². The lowest BCUT2D eigenvalue weighted by Crippen LogP contribution is -2.50. The van der Waals surface area contributed by atoms with Crippen LogP contribution in [0.3, 0.4) is 0 Å². The molecule has 14 nitrogen and oxygen atoms in total. The van der Waals surface area contributed by atoms with Gasteiger partial charge in [0.25, 0.3) is 0 Å². The monoisotopic (exact) mass is 968 g/mol. The second-order valence-corrected chi connectivity index (χ2v) is 18.0. The van der Waals surface area contributed by atoms with Crippen LogP contribution in [0.1, 0.15) is 77.5 Å². The van der Waals surface area contributed by atoms with Crippen molar-refractivity contribution in [2.45, 2.75) is 84.0 Å². The number of nitrogen functional groups attached to an aromatic ring is 1. The van der Waals surface area contributed by atoms with Gasteiger partial charge in [0.2, 0.25) is 0 Å². The Hall–Kier alpha value is -6.99. The summed E-state index contributed by atoms with van der Waals surface area (Å²) in [5, 5.41) is 15.7. The number of aromatic amines is 1. The van der Waals surface area contributed by atoms with Gasteiger partial charge in [-0.15, -0.1) is 0 Å². The molecule has 0 spiro atoms. The molecule has 3 aromatic heterocycles. The third-order valence-corrected chi connectivity index (χ3v) is 12.1. The maximum atomic E-state index is 13.6. The van der Waals surface area contributed by atoms with Crippen molar-refractivity contribution in [1.82, 2.24) is 19.9 Å². The van der Waals surface area contributed by atoms with E-state index in [-0.39, 0.29) is 62.4 Å². The number of carboxylic acids is 1. The van der Waals surface area contributed by atoms with E-state index in [1.807, 2.05) is 42.5 Å². The summed E-state index contributed by atoms with van der Waals surface area (Å²) in [5.74, 6) is -0.776. The highest BCUT2D eigenvalue weighted by atomic mass is 19.4. The Morgan fingerprint density at radius 2 is 1.10 bits per heavy atom. The van der Waals surface area contributed by atoms with Gasteiger partial charge in [0.05, 0.1) is 42.1 Å². The molecule has 20 heteroatoms. The number of H-pyrrole nitrogens is 1. The summed E-state index contributed by atoms with van der Waals surface area (Å²) in [7, 11) is 2.71. The lowest BCUT2D eigenvalue weighted by molar-refractivity contribution is -0.252. The Morgan fingerprint density at radius 1 is 0.652 bits per heavy atom. The summed E-state index contributed by atoms with van der Waals surface area (Å²) >= 11 is 0. The molecule has 0 atom stereocenters. The van der Waals surface area contributed by atoms with E-state index in [4.69, 9.17) is 35.2 Å². The minimum absolute atomic E-state index is 0.00832. The second kappa shape index (κ2) is 21.1. The number of ether oxygens (including phenoxy) is 4. The topological polar surface area (TPSA) is 213 Å². The third kappa shape index (κ3) is 12.2. The lowest BCUT2D eigenvalue weighted by Gasteiger charge is -2.42. The van der Waals surface area contributed by atoms with Crippen LogP contribution in [0.15, 0.2) is 91.4 Å². The number of pyridine rings is 2. The van der Waals surface area contributed by atoms with E-state index in [1.54, 1.807) is 70.4 Å². The number of carboxylic acid groups (broad SMARTS) is 1. The number of halogens is 6. The number of hydrogen-bond donors (Lipinski definition) is 4. The van der Waals surface area contributed by atoms with Gasteiger partial charge in [-0.2, -0.15) is 26.3 Å². The molecule has 0 unspecified atom stereocenters. The van der Waals surface area contributed by atoms with Crippen molar-refractivity contribution >= 4 is 23.7 Å². The number of nitrogens with zero attached hydrogens (tertiary/aromatic N) is 3. The smallest absolute Gasteiger partial charge is 0.404 e. The zero-order chi connectivity index (χ0) is 51.0. The van der Waals surface area contributed by atoms with Gasteiger partial charge in [0, 0.05) is 40.8 Å². The van der Waals surface area contributed by atoms with E-state index in [2.05, 4.69) is 19.9 Å². The lowest BCUT2D eigenvalue weighted by atomic mass is 9.66. The minimum Gasteiger partial charge on any atom is -0.492 e. The summed E-state index contributed by atoms with van der Waals surface area (Å²) < 4.78 is 97.8. The summed E-state index contributed by atoms with van der Waals surface area (Å²) in [6.07, 6.45) is -3.93. The maximum Gasteiger partial charge on any atom is 0.404 e. The number of benzene rings is 2. The summed E-state index contributed by atoms with van der Waals surface area (Å²) in [5.41, 5.74) is 4.24. The molecular weight excluding hydrogens is 915 g/mol. The highest BCUT2D eigenvalue weighted by Gasteiger charge is 2.64. The van der Waals surface area contributed by atoms with Crippen LogP contribution < -0.4 is 15.2 Å². The van der Waals surface area contributed by atoms with Crippen molar-refractivity contribution in [1.29, 1.82) is 5.41 Å². The summed E-state index contributed by atoms with van der Waals surface area (Å²) in [6.45, 7) is 7.43. The molecule has 7 rings (SSSR count). The van der Waals surface area contributed by atoms with Crippen molar-refractivity contribution in [3.63, 3.8) is 0 Å². The van der Waals surface area contributed by atoms with Crippen molar-refractivity contribution in [2.24, 2.45) is 22.0 Å². The van der Waals surface area contributed by atoms with Gasteiger partial charge < -0.3 is 34.8 Å². The van der Waals surface area contributed by atoms with Crippen molar-refractivity contribution in [3.05, 3.63) is 103 Å². The van der Waals surface area contributed by atoms with E-state index in [1.165, 1.54) is 20.4 Å². The molecule has 0 aliphatic heterocycles. The Kier molecular flexibility index (Phi) is 16.2. The molecule has 0 radical (unpaired) electrons. The molecule has 69 heavy (non-hydrogen) atoms. The van der Waals surface area contributed by atoms with Crippen LogP contribution >= 0.6 is 0 Å². The normalized spacial score (nSPS) is 15.0. The molecule has 0 amide bonds. The molecular formula is C49H54F6N6O8. The van der Waals surface area contributed by atoms with Gasteiger partial charge >= 0.3 is 30.3 Å². The van der Waals surface area contributed by atoms with Gasteiger partial charge in [-0.3, -0.25) is 29.8 Å². The SMILES string of the molecule is COC(=O)C(C)(C)COc1ccc(-c2ccc(-c3ncc(C4(C(F)(F)F)CCC4)[nH]3)cn2)cc1.COC(=O)C(C)(C)COc1ccc(-c2ccc(C(=N)N)cn2)cc1.O=C(O)C1(C(F)(F)F)CCC1. The number of carbonyl (C=O) groups excluding carboxylic acids is 2. The Bertz CT molecular complexity index is 2550. The number of amidine groups is 1. The maximum absolute atomic E-state index is 13.6. The molecule has 2 aliphatic carbocycles. The van der Waals surface area contributed by atoms with Gasteiger partial charge in [-0.05, 0) is 126 Å².